The van der Waals surface area contributed by atoms with Crippen LogP contribution in [0.5, 0.6) is 0 Å². The highest BCUT2D eigenvalue weighted by atomic mass is 31.2. The van der Waals surface area contributed by atoms with E-state index in [2.05, 4.69) is 47.8 Å². The first-order valence-electron chi connectivity index (χ1n) is 9.87. The standard InChI is InChI=1S/C18H28N6P/c1-2-10-18-17(9-1)19-20-24(18)25(21-11-3-4-12-21,22-13-5-6-14-22)23-15-7-8-16-23/h1-2,9-10H,3-8,11-16H2/q+1. The Balaban J connectivity index is 1.73. The Morgan fingerprint density at radius 2 is 1.16 bits per heavy atom. The number of aromatic nitrogens is 3. The summed E-state index contributed by atoms with van der Waals surface area (Å²) in [4.78, 5) is 0. The van der Waals surface area contributed by atoms with Gasteiger partial charge in [-0.3, -0.25) is 0 Å². The molecule has 3 aliphatic heterocycles. The Hall–Kier alpha value is -1.07. The van der Waals surface area contributed by atoms with Crippen LogP contribution in [-0.2, 0) is 0 Å². The van der Waals surface area contributed by atoms with Gasteiger partial charge in [-0.1, -0.05) is 16.6 Å². The van der Waals surface area contributed by atoms with Gasteiger partial charge >= 0.3 is 7.87 Å². The summed E-state index contributed by atoms with van der Waals surface area (Å²) in [6.45, 7) is 7.22. The van der Waals surface area contributed by atoms with Gasteiger partial charge in [0, 0.05) is 39.3 Å². The van der Waals surface area contributed by atoms with Crippen molar-refractivity contribution in [3.8, 4) is 0 Å². The lowest BCUT2D eigenvalue weighted by Gasteiger charge is -2.42. The van der Waals surface area contributed by atoms with Gasteiger partial charge in [-0.05, 0) is 55.9 Å². The molecular weight excluding hydrogens is 331 g/mol. The minimum absolute atomic E-state index is 1.03. The Morgan fingerprint density at radius 3 is 1.68 bits per heavy atom. The van der Waals surface area contributed by atoms with Gasteiger partial charge in [0.15, 0.2) is 0 Å². The monoisotopic (exact) mass is 359 g/mol. The fourth-order valence-corrected chi connectivity index (χ4v) is 9.71. The third-order valence-corrected chi connectivity index (χ3v) is 10.3. The van der Waals surface area contributed by atoms with E-state index in [1.165, 1.54) is 83.3 Å². The molecule has 6 nitrogen and oxygen atoms in total. The molecule has 3 fully saturated rings. The van der Waals surface area contributed by atoms with Crippen LogP contribution in [0.4, 0.5) is 0 Å². The third-order valence-electron chi connectivity index (χ3n) is 5.97. The average Bonchev–Trinajstić information content (AvgIpc) is 3.44. The normalized spacial score (nSPS) is 24.0. The predicted molar refractivity (Wildman–Crippen MR) is 102 cm³/mol. The van der Waals surface area contributed by atoms with Crippen LogP contribution in [0.2, 0.25) is 0 Å². The van der Waals surface area contributed by atoms with Crippen molar-refractivity contribution < 1.29 is 0 Å². The van der Waals surface area contributed by atoms with Crippen molar-refractivity contribution in [2.75, 3.05) is 39.3 Å². The molecule has 1 aromatic carbocycles. The average molecular weight is 359 g/mol. The molecule has 4 heterocycles. The summed E-state index contributed by atoms with van der Waals surface area (Å²) in [7, 11) is -1.85. The van der Waals surface area contributed by atoms with Crippen molar-refractivity contribution in [2.45, 2.75) is 38.5 Å². The lowest BCUT2D eigenvalue weighted by atomic mass is 10.3. The number of para-hydroxylation sites is 1. The molecule has 5 rings (SSSR count). The number of fused-ring (bicyclic) bond motifs is 1. The highest BCUT2D eigenvalue weighted by molar-refractivity contribution is 7.67. The number of rotatable bonds is 4. The first kappa shape index (κ1) is 16.1. The molecule has 0 amide bonds. The van der Waals surface area contributed by atoms with Crippen LogP contribution in [0.1, 0.15) is 38.5 Å². The molecule has 0 spiro atoms. The van der Waals surface area contributed by atoms with Crippen molar-refractivity contribution in [3.63, 3.8) is 0 Å². The summed E-state index contributed by atoms with van der Waals surface area (Å²) in [6, 6.07) is 8.52. The van der Waals surface area contributed by atoms with E-state index in [-0.39, 0.29) is 0 Å². The smallest absolute Gasteiger partial charge is 0.127 e. The van der Waals surface area contributed by atoms with Crippen molar-refractivity contribution in [1.29, 1.82) is 0 Å². The highest BCUT2D eigenvalue weighted by Crippen LogP contribution is 2.71. The van der Waals surface area contributed by atoms with Crippen LogP contribution < -0.4 is 0 Å². The molecule has 0 N–H and O–H groups in total. The van der Waals surface area contributed by atoms with Crippen LogP contribution >= 0.6 is 7.87 Å². The summed E-state index contributed by atoms with van der Waals surface area (Å²) < 4.78 is 10.8. The molecular formula is C18H28N6P+. The molecule has 0 radical (unpaired) electrons. The molecule has 3 saturated heterocycles. The van der Waals surface area contributed by atoms with Gasteiger partial charge in [0.1, 0.15) is 11.0 Å². The lowest BCUT2D eigenvalue weighted by molar-refractivity contribution is 0.356. The number of nitrogens with zero attached hydrogens (tertiary/aromatic N) is 6. The molecule has 0 atom stereocenters. The zero-order chi connectivity index (χ0) is 16.7. The largest absolute Gasteiger partial charge is 0.355 e. The number of hydrogen-bond donors (Lipinski definition) is 0. The van der Waals surface area contributed by atoms with Crippen LogP contribution in [0, 0.1) is 0 Å². The van der Waals surface area contributed by atoms with Crippen molar-refractivity contribution in [2.24, 2.45) is 0 Å². The zero-order valence-corrected chi connectivity index (χ0v) is 15.8. The maximum absolute atomic E-state index is 4.79. The van der Waals surface area contributed by atoms with Crippen molar-refractivity contribution >= 4 is 18.9 Å². The van der Waals surface area contributed by atoms with Crippen molar-refractivity contribution in [3.05, 3.63) is 24.3 Å². The van der Waals surface area contributed by atoms with Gasteiger partial charge in [-0.15, -0.1) is 19.1 Å². The number of hydrogen-bond acceptors (Lipinski definition) is 5. The van der Waals surface area contributed by atoms with E-state index in [0.717, 1.165) is 5.52 Å². The Labute approximate surface area is 150 Å². The predicted octanol–water partition coefficient (Wildman–Crippen LogP) is 3.24. The van der Waals surface area contributed by atoms with E-state index in [1.54, 1.807) is 0 Å². The van der Waals surface area contributed by atoms with Gasteiger partial charge in [-0.25, -0.2) is 0 Å². The maximum atomic E-state index is 4.79. The molecule has 0 bridgehead atoms. The van der Waals surface area contributed by atoms with Gasteiger partial charge < -0.3 is 0 Å². The van der Waals surface area contributed by atoms with Gasteiger partial charge in [0.25, 0.3) is 0 Å². The van der Waals surface area contributed by atoms with Crippen LogP contribution in [-0.4, -0.2) is 68.0 Å². The maximum Gasteiger partial charge on any atom is 0.355 e. The summed E-state index contributed by atoms with van der Waals surface area (Å²) in [5.41, 5.74) is 2.24. The lowest BCUT2D eigenvalue weighted by Crippen LogP contribution is -2.46. The molecule has 2 aromatic rings. The second kappa shape index (κ2) is 6.58. The minimum Gasteiger partial charge on any atom is -0.127 e. The van der Waals surface area contributed by atoms with Crippen LogP contribution in [0.3, 0.4) is 0 Å². The molecule has 3 aliphatic rings. The Kier molecular flexibility index (Phi) is 4.25. The van der Waals surface area contributed by atoms with E-state index < -0.39 is 7.87 Å². The molecule has 1 aromatic heterocycles. The zero-order valence-electron chi connectivity index (χ0n) is 14.9. The second-order valence-corrected chi connectivity index (χ2v) is 10.6. The fraction of sp³-hybridized carbons (Fsp3) is 0.667. The minimum atomic E-state index is -1.85. The van der Waals surface area contributed by atoms with Gasteiger partial charge in [0.2, 0.25) is 0 Å². The summed E-state index contributed by atoms with van der Waals surface area (Å²) in [5, 5.41) is 9.35. The number of benzene rings is 1. The quantitative estimate of drug-likeness (QED) is 0.784. The van der Waals surface area contributed by atoms with E-state index >= 15 is 0 Å². The van der Waals surface area contributed by atoms with E-state index in [4.69, 9.17) is 5.21 Å². The molecule has 7 heteroatoms. The Morgan fingerprint density at radius 1 is 0.680 bits per heavy atom. The molecule has 0 unspecified atom stereocenters. The highest BCUT2D eigenvalue weighted by Gasteiger charge is 2.62. The fourth-order valence-electron chi connectivity index (χ4n) is 4.86. The summed E-state index contributed by atoms with van der Waals surface area (Å²) in [6.07, 6.45) is 7.89. The second-order valence-electron chi connectivity index (χ2n) is 7.49. The summed E-state index contributed by atoms with van der Waals surface area (Å²) in [5.74, 6) is 0. The van der Waals surface area contributed by atoms with E-state index in [1.807, 2.05) is 0 Å². The molecule has 0 aliphatic carbocycles. The van der Waals surface area contributed by atoms with Gasteiger partial charge in [-0.2, -0.15) is 0 Å². The molecule has 134 valence electrons. The van der Waals surface area contributed by atoms with E-state index in [0.29, 0.717) is 0 Å². The first-order valence-corrected chi connectivity index (χ1v) is 11.5. The molecule has 0 saturated carbocycles. The van der Waals surface area contributed by atoms with Gasteiger partial charge in [0.05, 0.1) is 0 Å². The van der Waals surface area contributed by atoms with Crippen LogP contribution in [0.25, 0.3) is 11.0 Å². The topological polar surface area (TPSA) is 40.4 Å². The van der Waals surface area contributed by atoms with Crippen LogP contribution in [0.15, 0.2) is 24.3 Å². The van der Waals surface area contributed by atoms with E-state index in [9.17, 15) is 0 Å². The first-order chi connectivity index (χ1) is 12.4. The van der Waals surface area contributed by atoms with Crippen molar-refractivity contribution in [1.82, 2.24) is 28.8 Å². The summed E-state index contributed by atoms with van der Waals surface area (Å²) >= 11 is 0. The Bertz CT molecular complexity index is 687. The SMILES string of the molecule is c1ccc2c(c1)nnn2[P+](N1CCCC1)(N1CCCC1)N1CCCC1. The molecule has 25 heavy (non-hydrogen) atoms. The third kappa shape index (κ3) is 2.46.